The fourth-order valence-corrected chi connectivity index (χ4v) is 8.10. The Morgan fingerprint density at radius 1 is 1.00 bits per heavy atom. The molecule has 4 aliphatic rings. The van der Waals surface area contributed by atoms with Gasteiger partial charge in [-0.05, 0) is 113 Å². The van der Waals surface area contributed by atoms with Crippen molar-refractivity contribution in [2.75, 3.05) is 44.9 Å². The number of ether oxygens (including phenoxy) is 3. The Labute approximate surface area is 289 Å². The van der Waals surface area contributed by atoms with Crippen LogP contribution in [-0.4, -0.2) is 82.7 Å². The van der Waals surface area contributed by atoms with E-state index in [1.54, 1.807) is 18.2 Å². The molecule has 0 unspecified atom stereocenters. The van der Waals surface area contributed by atoms with Crippen molar-refractivity contribution in [2.45, 2.75) is 90.2 Å². The lowest BCUT2D eigenvalue weighted by Crippen LogP contribution is -2.67. The first-order valence-electron chi connectivity index (χ1n) is 18.1. The van der Waals surface area contributed by atoms with Gasteiger partial charge in [0.05, 0.1) is 31.9 Å². The zero-order chi connectivity index (χ0) is 34.1. The normalized spacial score (nSPS) is 24.6. The summed E-state index contributed by atoms with van der Waals surface area (Å²) in [5.74, 6) is 2.20. The Morgan fingerprint density at radius 2 is 1.76 bits per heavy atom. The van der Waals surface area contributed by atoms with Crippen LogP contribution in [0.5, 0.6) is 5.88 Å². The molecule has 11 heteroatoms. The van der Waals surface area contributed by atoms with Gasteiger partial charge >= 0.3 is 6.09 Å². The van der Waals surface area contributed by atoms with Crippen LogP contribution in [0.3, 0.4) is 0 Å². The molecule has 3 aromatic rings. The van der Waals surface area contributed by atoms with Crippen molar-refractivity contribution >= 4 is 17.8 Å². The van der Waals surface area contributed by atoms with E-state index in [0.29, 0.717) is 55.8 Å². The first-order valence-corrected chi connectivity index (χ1v) is 18.1. The van der Waals surface area contributed by atoms with Gasteiger partial charge in [-0.25, -0.2) is 14.8 Å². The van der Waals surface area contributed by atoms with Gasteiger partial charge in [-0.1, -0.05) is 0 Å². The number of nitrogens with zero attached hydrogens (tertiary/aromatic N) is 6. The molecule has 1 spiro atoms. The summed E-state index contributed by atoms with van der Waals surface area (Å²) in [6.07, 6.45) is 14.3. The van der Waals surface area contributed by atoms with E-state index < -0.39 is 0 Å². The van der Waals surface area contributed by atoms with E-state index in [1.165, 1.54) is 5.56 Å². The number of hydrogen-bond donors (Lipinski definition) is 0. The van der Waals surface area contributed by atoms with Crippen molar-refractivity contribution in [3.63, 3.8) is 0 Å². The quantitative estimate of drug-likeness (QED) is 0.251. The number of hydrogen-bond acceptors (Lipinski definition) is 8. The molecule has 5 heterocycles. The lowest BCUT2D eigenvalue weighted by atomic mass is 9.78. The molecule has 3 aromatic heterocycles. The molecule has 0 atom stereocenters. The number of carbonyl (C=O) groups excluding carboxylic acids is 2. The van der Waals surface area contributed by atoms with Crippen LogP contribution in [0.25, 0.3) is 11.1 Å². The van der Waals surface area contributed by atoms with Crippen molar-refractivity contribution in [1.29, 1.82) is 0 Å². The molecule has 7 rings (SSSR count). The highest BCUT2D eigenvalue weighted by Gasteiger charge is 2.51. The SMILES string of the molecule is COc1ncc(C2CCC(CN(C(=O)C3CCC(OC(=O)N4CC5(COC5)C4)CC3)c3cc(-c4cnn(C(C)C)c4)ccn3)CC2)cc1C. The van der Waals surface area contributed by atoms with Gasteiger partial charge in [0.1, 0.15) is 11.9 Å². The summed E-state index contributed by atoms with van der Waals surface area (Å²) in [4.78, 5) is 40.2. The molecule has 2 saturated carbocycles. The Balaban J connectivity index is 1.02. The maximum absolute atomic E-state index is 14.4. The zero-order valence-electron chi connectivity index (χ0n) is 29.3. The van der Waals surface area contributed by atoms with E-state index >= 15 is 0 Å². The summed E-state index contributed by atoms with van der Waals surface area (Å²) < 4.78 is 18.6. The second kappa shape index (κ2) is 14.1. The first kappa shape index (κ1) is 33.5. The second-order valence-corrected chi connectivity index (χ2v) is 15.2. The number of likely N-dealkylation sites (tertiary alicyclic amines) is 1. The van der Waals surface area contributed by atoms with Crippen molar-refractivity contribution < 1.29 is 23.8 Å². The summed E-state index contributed by atoms with van der Waals surface area (Å²) in [6, 6.07) is 6.49. The number of aryl methyl sites for hydroxylation is 1. The van der Waals surface area contributed by atoms with E-state index in [1.807, 2.05) is 41.0 Å². The minimum absolute atomic E-state index is 0.124. The average molecular weight is 671 g/mol. The molecule has 0 N–H and O–H groups in total. The van der Waals surface area contributed by atoms with Crippen LogP contribution < -0.4 is 9.64 Å². The van der Waals surface area contributed by atoms with Crippen LogP contribution >= 0.6 is 0 Å². The molecule has 2 saturated heterocycles. The van der Waals surface area contributed by atoms with Gasteiger partial charge in [-0.2, -0.15) is 5.10 Å². The van der Waals surface area contributed by atoms with Gasteiger partial charge in [0.15, 0.2) is 0 Å². The van der Waals surface area contributed by atoms with Gasteiger partial charge in [0.25, 0.3) is 0 Å². The Bertz CT molecular complexity index is 1630. The smallest absolute Gasteiger partial charge is 0.410 e. The van der Waals surface area contributed by atoms with Crippen molar-refractivity contribution in [2.24, 2.45) is 17.3 Å². The molecular formula is C38H50N6O5. The fourth-order valence-electron chi connectivity index (χ4n) is 8.10. The average Bonchev–Trinajstić information content (AvgIpc) is 3.58. The van der Waals surface area contributed by atoms with E-state index in [2.05, 4.69) is 36.2 Å². The molecule has 262 valence electrons. The van der Waals surface area contributed by atoms with E-state index in [9.17, 15) is 9.59 Å². The van der Waals surface area contributed by atoms with Gasteiger partial charge in [0.2, 0.25) is 11.8 Å². The van der Waals surface area contributed by atoms with Crippen LogP contribution in [0.2, 0.25) is 0 Å². The predicted octanol–water partition coefficient (Wildman–Crippen LogP) is 6.57. The molecule has 2 aliphatic carbocycles. The van der Waals surface area contributed by atoms with Gasteiger partial charge in [0, 0.05) is 61.3 Å². The third-order valence-electron chi connectivity index (χ3n) is 11.2. The molecule has 2 aliphatic heterocycles. The third-order valence-corrected chi connectivity index (χ3v) is 11.2. The van der Waals surface area contributed by atoms with E-state index in [0.717, 1.165) is 68.7 Å². The summed E-state index contributed by atoms with van der Waals surface area (Å²) in [6.45, 7) is 9.82. The maximum Gasteiger partial charge on any atom is 0.410 e. The summed E-state index contributed by atoms with van der Waals surface area (Å²) >= 11 is 0. The van der Waals surface area contributed by atoms with Crippen LogP contribution in [-0.2, 0) is 14.3 Å². The highest BCUT2D eigenvalue weighted by molar-refractivity contribution is 5.94. The van der Waals surface area contributed by atoms with Crippen LogP contribution in [0.1, 0.15) is 88.3 Å². The number of pyridine rings is 2. The predicted molar refractivity (Wildman–Crippen MR) is 185 cm³/mol. The minimum atomic E-state index is -0.230. The Hall–Kier alpha value is -3.99. The Morgan fingerprint density at radius 3 is 2.39 bits per heavy atom. The van der Waals surface area contributed by atoms with Gasteiger partial charge < -0.3 is 19.1 Å². The summed E-state index contributed by atoms with van der Waals surface area (Å²) in [7, 11) is 1.66. The van der Waals surface area contributed by atoms with Gasteiger partial charge in [-0.3, -0.25) is 14.4 Å². The lowest BCUT2D eigenvalue weighted by Gasteiger charge is -2.54. The molecule has 0 bridgehead atoms. The first-order chi connectivity index (χ1) is 23.7. The molecule has 4 fully saturated rings. The molecule has 2 amide bonds. The van der Waals surface area contributed by atoms with Crippen LogP contribution in [0.15, 0.2) is 43.0 Å². The van der Waals surface area contributed by atoms with E-state index in [4.69, 9.17) is 19.2 Å². The summed E-state index contributed by atoms with van der Waals surface area (Å²) in [5.41, 5.74) is 4.50. The number of amides is 2. The third kappa shape index (κ3) is 7.18. The van der Waals surface area contributed by atoms with Crippen LogP contribution in [0, 0.1) is 24.2 Å². The van der Waals surface area contributed by atoms with Crippen LogP contribution in [0.4, 0.5) is 10.6 Å². The van der Waals surface area contributed by atoms with Gasteiger partial charge in [-0.15, -0.1) is 0 Å². The minimum Gasteiger partial charge on any atom is -0.481 e. The lowest BCUT2D eigenvalue weighted by molar-refractivity contribution is -0.181. The second-order valence-electron chi connectivity index (χ2n) is 15.2. The van der Waals surface area contributed by atoms with Crippen molar-refractivity contribution in [3.05, 3.63) is 54.1 Å². The van der Waals surface area contributed by atoms with Crippen molar-refractivity contribution in [3.8, 4) is 17.0 Å². The number of carbonyl (C=O) groups is 2. The fraction of sp³-hybridized carbons (Fsp3) is 0.605. The highest BCUT2D eigenvalue weighted by Crippen LogP contribution is 2.40. The maximum atomic E-state index is 14.4. The highest BCUT2D eigenvalue weighted by atomic mass is 16.6. The van der Waals surface area contributed by atoms with E-state index in [-0.39, 0.29) is 35.5 Å². The number of anilines is 1. The largest absolute Gasteiger partial charge is 0.481 e. The van der Waals surface area contributed by atoms with Crippen molar-refractivity contribution in [1.82, 2.24) is 24.6 Å². The molecule has 49 heavy (non-hydrogen) atoms. The zero-order valence-corrected chi connectivity index (χ0v) is 29.3. The molecular weight excluding hydrogens is 620 g/mol. The summed E-state index contributed by atoms with van der Waals surface area (Å²) in [5, 5.41) is 4.54. The monoisotopic (exact) mass is 670 g/mol. The molecule has 0 radical (unpaired) electrons. The topological polar surface area (TPSA) is 112 Å². The standard InChI is InChI=1S/C38H50N6O5/c1-25(2)44-20-32(18-41-44)30-13-14-39-34(16-30)43(19-27-5-7-28(8-6-27)31-15-26(3)35(47-4)40-17-31)36(45)29-9-11-33(12-10-29)49-37(46)42-21-38(22-42)23-48-24-38/h13-18,20,25,27-29,33H,5-12,19,21-24H2,1-4H3. The number of methoxy groups -OCH3 is 1. The number of rotatable bonds is 9. The Kier molecular flexibility index (Phi) is 9.64. The molecule has 0 aromatic carbocycles. The number of aromatic nitrogens is 4. The molecule has 11 nitrogen and oxygen atoms in total.